The number of aromatic carboxylic acids is 1. The number of hydrogen-bond donors (Lipinski definition) is 1. The first kappa shape index (κ1) is 8.64. The van der Waals surface area contributed by atoms with E-state index in [2.05, 4.69) is 9.97 Å². The van der Waals surface area contributed by atoms with Gasteiger partial charge in [0.1, 0.15) is 0 Å². The fourth-order valence-corrected chi connectivity index (χ4v) is 0.965. The molecule has 0 aliphatic heterocycles. The Labute approximate surface area is 70.3 Å². The van der Waals surface area contributed by atoms with Crippen molar-refractivity contribution in [3.8, 4) is 0 Å². The van der Waals surface area contributed by atoms with E-state index in [1.54, 1.807) is 0 Å². The fourth-order valence-electron chi connectivity index (χ4n) is 0.965. The Bertz CT molecular complexity index is 286. The third-order valence-corrected chi connectivity index (χ3v) is 1.46. The number of aromatic nitrogens is 2. The van der Waals surface area contributed by atoms with Crippen LogP contribution in [-0.2, 0) is 6.42 Å². The van der Waals surface area contributed by atoms with Crippen LogP contribution in [0.5, 0.6) is 0 Å². The minimum absolute atomic E-state index is 0.0688. The smallest absolute Gasteiger partial charge is 0.356 e. The lowest BCUT2D eigenvalue weighted by Crippen LogP contribution is -2.07. The summed E-state index contributed by atoms with van der Waals surface area (Å²) in [6.45, 7) is 1.97. The summed E-state index contributed by atoms with van der Waals surface area (Å²) in [7, 11) is 0. The molecule has 0 aliphatic carbocycles. The topological polar surface area (TPSA) is 63.1 Å². The first-order valence-corrected chi connectivity index (χ1v) is 3.79. The lowest BCUT2D eigenvalue weighted by atomic mass is 10.2. The van der Waals surface area contributed by atoms with Crippen LogP contribution in [0.15, 0.2) is 12.4 Å². The Balaban J connectivity index is 3.00. The number of rotatable bonds is 3. The molecule has 0 fully saturated rings. The predicted molar refractivity (Wildman–Crippen MR) is 43.0 cm³/mol. The molecule has 0 spiro atoms. The predicted octanol–water partition coefficient (Wildman–Crippen LogP) is 1.13. The molecule has 1 aromatic heterocycles. The van der Waals surface area contributed by atoms with Gasteiger partial charge >= 0.3 is 5.97 Å². The van der Waals surface area contributed by atoms with Crippen molar-refractivity contribution in [3.05, 3.63) is 23.8 Å². The molecule has 1 N–H and O–H groups in total. The molecule has 1 rings (SSSR count). The number of carboxylic acid groups (broad SMARTS) is 1. The summed E-state index contributed by atoms with van der Waals surface area (Å²) < 4.78 is 0. The molecular formula is C8H10N2O2. The second-order valence-corrected chi connectivity index (χ2v) is 2.41. The number of hydrogen-bond acceptors (Lipinski definition) is 3. The minimum Gasteiger partial charge on any atom is -0.476 e. The Hall–Kier alpha value is -1.45. The zero-order valence-electron chi connectivity index (χ0n) is 6.82. The quantitative estimate of drug-likeness (QED) is 0.731. The van der Waals surface area contributed by atoms with Gasteiger partial charge in [-0.05, 0) is 6.42 Å². The summed E-state index contributed by atoms with van der Waals surface area (Å²) >= 11 is 0. The van der Waals surface area contributed by atoms with Crippen molar-refractivity contribution in [2.45, 2.75) is 19.8 Å². The average molecular weight is 166 g/mol. The number of carbonyl (C=O) groups is 1. The van der Waals surface area contributed by atoms with Crippen LogP contribution in [-0.4, -0.2) is 21.0 Å². The van der Waals surface area contributed by atoms with E-state index in [-0.39, 0.29) is 5.69 Å². The van der Waals surface area contributed by atoms with Gasteiger partial charge in [0.05, 0.1) is 5.69 Å². The van der Waals surface area contributed by atoms with Crippen LogP contribution in [0.25, 0.3) is 0 Å². The SMILES string of the molecule is CCCc1nccnc1C(=O)O. The molecule has 0 unspecified atom stereocenters. The highest BCUT2D eigenvalue weighted by atomic mass is 16.4. The molecule has 0 atom stereocenters. The van der Waals surface area contributed by atoms with Crippen molar-refractivity contribution < 1.29 is 9.90 Å². The zero-order chi connectivity index (χ0) is 8.97. The molecule has 12 heavy (non-hydrogen) atoms. The van der Waals surface area contributed by atoms with Crippen LogP contribution in [0.2, 0.25) is 0 Å². The first-order chi connectivity index (χ1) is 5.75. The van der Waals surface area contributed by atoms with Gasteiger partial charge in [0.2, 0.25) is 0 Å². The van der Waals surface area contributed by atoms with Gasteiger partial charge in [-0.1, -0.05) is 13.3 Å². The summed E-state index contributed by atoms with van der Waals surface area (Å²) in [6.07, 6.45) is 4.44. The lowest BCUT2D eigenvalue weighted by Gasteiger charge is -2.00. The summed E-state index contributed by atoms with van der Waals surface area (Å²) in [5.41, 5.74) is 0.631. The summed E-state index contributed by atoms with van der Waals surface area (Å²) in [5, 5.41) is 8.69. The van der Waals surface area contributed by atoms with Crippen molar-refractivity contribution in [2.75, 3.05) is 0 Å². The number of aryl methyl sites for hydroxylation is 1. The highest BCUT2D eigenvalue weighted by Gasteiger charge is 2.10. The minimum atomic E-state index is -1.01. The van der Waals surface area contributed by atoms with Gasteiger partial charge in [-0.15, -0.1) is 0 Å². The van der Waals surface area contributed by atoms with Crippen molar-refractivity contribution >= 4 is 5.97 Å². The van der Waals surface area contributed by atoms with Crippen LogP contribution in [0.3, 0.4) is 0 Å². The van der Waals surface area contributed by atoms with Crippen molar-refractivity contribution in [2.24, 2.45) is 0 Å². The number of carboxylic acids is 1. The molecule has 4 heteroatoms. The van der Waals surface area contributed by atoms with E-state index in [1.165, 1.54) is 12.4 Å². The zero-order valence-corrected chi connectivity index (χ0v) is 6.82. The molecule has 0 aliphatic rings. The highest BCUT2D eigenvalue weighted by molar-refractivity contribution is 5.86. The third-order valence-electron chi connectivity index (χ3n) is 1.46. The van der Waals surface area contributed by atoms with Crippen LogP contribution < -0.4 is 0 Å². The second kappa shape index (κ2) is 3.80. The Kier molecular flexibility index (Phi) is 2.74. The van der Waals surface area contributed by atoms with Gasteiger partial charge < -0.3 is 5.11 Å². The molecule has 0 saturated heterocycles. The maximum absolute atomic E-state index is 10.6. The van der Waals surface area contributed by atoms with Gasteiger partial charge in [-0.25, -0.2) is 9.78 Å². The molecule has 4 nitrogen and oxygen atoms in total. The molecule has 1 heterocycles. The molecular weight excluding hydrogens is 156 g/mol. The van der Waals surface area contributed by atoms with E-state index in [9.17, 15) is 4.79 Å². The Morgan fingerprint density at radius 1 is 1.50 bits per heavy atom. The van der Waals surface area contributed by atoms with Crippen LogP contribution in [0.1, 0.15) is 29.5 Å². The normalized spacial score (nSPS) is 9.75. The molecule has 0 bridgehead atoms. The second-order valence-electron chi connectivity index (χ2n) is 2.41. The van der Waals surface area contributed by atoms with E-state index in [0.29, 0.717) is 12.1 Å². The highest BCUT2D eigenvalue weighted by Crippen LogP contribution is 2.03. The van der Waals surface area contributed by atoms with E-state index in [1.807, 2.05) is 6.92 Å². The van der Waals surface area contributed by atoms with Gasteiger partial charge in [-0.3, -0.25) is 4.98 Å². The Morgan fingerprint density at radius 2 is 2.17 bits per heavy atom. The summed E-state index contributed by atoms with van der Waals surface area (Å²) in [5.74, 6) is -1.01. The molecule has 64 valence electrons. The van der Waals surface area contributed by atoms with Crippen molar-refractivity contribution in [1.29, 1.82) is 0 Å². The van der Waals surface area contributed by atoms with Crippen molar-refractivity contribution in [3.63, 3.8) is 0 Å². The van der Waals surface area contributed by atoms with Crippen LogP contribution in [0.4, 0.5) is 0 Å². The lowest BCUT2D eigenvalue weighted by molar-refractivity contribution is 0.0688. The molecule has 0 saturated carbocycles. The largest absolute Gasteiger partial charge is 0.476 e. The van der Waals surface area contributed by atoms with Crippen molar-refractivity contribution in [1.82, 2.24) is 9.97 Å². The summed E-state index contributed by atoms with van der Waals surface area (Å²) in [6, 6.07) is 0. The average Bonchev–Trinajstić information content (AvgIpc) is 2.05. The summed E-state index contributed by atoms with van der Waals surface area (Å²) in [4.78, 5) is 18.3. The Morgan fingerprint density at radius 3 is 2.75 bits per heavy atom. The molecule has 1 aromatic rings. The molecule has 0 amide bonds. The van der Waals surface area contributed by atoms with E-state index in [4.69, 9.17) is 5.11 Å². The standard InChI is InChI=1S/C8H10N2O2/c1-2-3-6-7(8(11)12)10-5-4-9-6/h4-5H,2-3H2,1H3,(H,11,12). The number of nitrogens with zero attached hydrogens (tertiary/aromatic N) is 2. The van der Waals surface area contributed by atoms with E-state index in [0.717, 1.165) is 6.42 Å². The monoisotopic (exact) mass is 166 g/mol. The van der Waals surface area contributed by atoms with Gasteiger partial charge in [0.25, 0.3) is 0 Å². The van der Waals surface area contributed by atoms with E-state index < -0.39 is 5.97 Å². The molecule has 0 radical (unpaired) electrons. The van der Waals surface area contributed by atoms with Gasteiger partial charge in [0, 0.05) is 12.4 Å². The van der Waals surface area contributed by atoms with Gasteiger partial charge in [0.15, 0.2) is 5.69 Å². The maximum Gasteiger partial charge on any atom is 0.356 e. The van der Waals surface area contributed by atoms with E-state index >= 15 is 0 Å². The maximum atomic E-state index is 10.6. The first-order valence-electron chi connectivity index (χ1n) is 3.79. The van der Waals surface area contributed by atoms with Gasteiger partial charge in [-0.2, -0.15) is 0 Å². The van der Waals surface area contributed by atoms with Crippen LogP contribution in [0, 0.1) is 0 Å². The third kappa shape index (κ3) is 1.78. The molecule has 0 aromatic carbocycles. The van der Waals surface area contributed by atoms with Crippen LogP contribution >= 0.6 is 0 Å². The fraction of sp³-hybridized carbons (Fsp3) is 0.375.